The molecule has 0 spiro atoms. The molecule has 1 aromatic carbocycles. The van der Waals surface area contributed by atoms with Gasteiger partial charge in [0.1, 0.15) is 12.4 Å². The molecule has 0 saturated heterocycles. The number of aryl methyl sites for hydroxylation is 1. The first kappa shape index (κ1) is 10.3. The Morgan fingerprint density at radius 2 is 2.31 bits per heavy atom. The van der Waals surface area contributed by atoms with E-state index in [-0.39, 0.29) is 12.4 Å². The summed E-state index contributed by atoms with van der Waals surface area (Å²) in [5, 5.41) is 16.1. The molecule has 0 amide bonds. The molecule has 0 aliphatic heterocycles. The highest BCUT2D eigenvalue weighted by Crippen LogP contribution is 2.20. The Balaban J connectivity index is 2.47. The normalized spacial score (nSPS) is 10.1. The van der Waals surface area contributed by atoms with Gasteiger partial charge in [-0.15, -0.1) is 5.10 Å². The van der Waals surface area contributed by atoms with Gasteiger partial charge in [-0.05, 0) is 30.7 Å². The van der Waals surface area contributed by atoms with Gasteiger partial charge in [-0.3, -0.25) is 0 Å². The summed E-state index contributed by atoms with van der Waals surface area (Å²) in [5.41, 5.74) is 2.08. The van der Waals surface area contributed by atoms with Gasteiger partial charge in [0, 0.05) is 5.56 Å². The second-order valence-corrected chi connectivity index (χ2v) is 3.40. The quantitative estimate of drug-likeness (QED) is 0.770. The van der Waals surface area contributed by atoms with Gasteiger partial charge in [0.25, 0.3) is 0 Å². The van der Waals surface area contributed by atoms with Crippen LogP contribution in [-0.2, 0) is 6.54 Å². The maximum atomic E-state index is 13.1. The lowest BCUT2D eigenvalue weighted by molar-refractivity contribution is 0.618. The Kier molecular flexibility index (Phi) is 2.64. The topological polar surface area (TPSA) is 54.5 Å². The van der Waals surface area contributed by atoms with Crippen molar-refractivity contribution in [2.45, 2.75) is 13.5 Å². The molecule has 0 atom stereocenters. The molecule has 0 unspecified atom stereocenters. The number of nitriles is 1. The number of aromatic nitrogens is 3. The van der Waals surface area contributed by atoms with Gasteiger partial charge in [-0.25, -0.2) is 9.07 Å². The first-order chi connectivity index (χ1) is 7.72. The van der Waals surface area contributed by atoms with Crippen LogP contribution >= 0.6 is 0 Å². The molecular formula is C11H9FN4. The van der Waals surface area contributed by atoms with Crippen LogP contribution in [0.4, 0.5) is 4.39 Å². The van der Waals surface area contributed by atoms with Crippen molar-refractivity contribution < 1.29 is 4.39 Å². The van der Waals surface area contributed by atoms with Crippen molar-refractivity contribution in [2.24, 2.45) is 0 Å². The van der Waals surface area contributed by atoms with Crippen molar-refractivity contribution in [3.05, 3.63) is 35.8 Å². The molecule has 4 nitrogen and oxygen atoms in total. The number of halogens is 1. The van der Waals surface area contributed by atoms with Crippen LogP contribution in [0.1, 0.15) is 5.56 Å². The molecule has 0 bridgehead atoms. The lowest BCUT2D eigenvalue weighted by Crippen LogP contribution is -2.00. The SMILES string of the molecule is Cc1cc(-c2cnnn2CC#N)ccc1F. The van der Waals surface area contributed by atoms with Crippen molar-refractivity contribution in [1.29, 1.82) is 5.26 Å². The number of benzene rings is 1. The van der Waals surface area contributed by atoms with E-state index in [0.717, 1.165) is 5.56 Å². The van der Waals surface area contributed by atoms with Gasteiger partial charge in [-0.1, -0.05) is 5.21 Å². The van der Waals surface area contributed by atoms with E-state index in [1.807, 2.05) is 6.07 Å². The van der Waals surface area contributed by atoms with Gasteiger partial charge >= 0.3 is 0 Å². The zero-order valence-electron chi connectivity index (χ0n) is 8.68. The van der Waals surface area contributed by atoms with Crippen molar-refractivity contribution in [3.8, 4) is 17.3 Å². The lowest BCUT2D eigenvalue weighted by atomic mass is 10.1. The van der Waals surface area contributed by atoms with Crippen LogP contribution in [0.5, 0.6) is 0 Å². The summed E-state index contributed by atoms with van der Waals surface area (Å²) in [6, 6.07) is 6.75. The summed E-state index contributed by atoms with van der Waals surface area (Å²) in [5.74, 6) is -0.247. The summed E-state index contributed by atoms with van der Waals surface area (Å²) >= 11 is 0. The highest BCUT2D eigenvalue weighted by Gasteiger charge is 2.07. The van der Waals surface area contributed by atoms with Gasteiger partial charge in [0.2, 0.25) is 0 Å². The minimum absolute atomic E-state index is 0.131. The van der Waals surface area contributed by atoms with E-state index in [1.165, 1.54) is 10.7 Å². The van der Waals surface area contributed by atoms with Crippen molar-refractivity contribution in [3.63, 3.8) is 0 Å². The fourth-order valence-corrected chi connectivity index (χ4v) is 1.47. The van der Waals surface area contributed by atoms with E-state index in [2.05, 4.69) is 10.3 Å². The fraction of sp³-hybridized carbons (Fsp3) is 0.182. The Hall–Kier alpha value is -2.22. The highest BCUT2D eigenvalue weighted by atomic mass is 19.1. The second kappa shape index (κ2) is 4.11. The monoisotopic (exact) mass is 216 g/mol. The average Bonchev–Trinajstić information content (AvgIpc) is 2.71. The van der Waals surface area contributed by atoms with E-state index in [0.29, 0.717) is 11.3 Å². The maximum absolute atomic E-state index is 13.1. The van der Waals surface area contributed by atoms with Crippen LogP contribution in [0.2, 0.25) is 0 Å². The van der Waals surface area contributed by atoms with Crippen LogP contribution < -0.4 is 0 Å². The van der Waals surface area contributed by atoms with Crippen LogP contribution in [0, 0.1) is 24.1 Å². The summed E-state index contributed by atoms with van der Waals surface area (Å²) in [6.07, 6.45) is 1.56. The Labute approximate surface area is 91.9 Å². The summed E-state index contributed by atoms with van der Waals surface area (Å²) in [7, 11) is 0. The molecule has 0 aliphatic carbocycles. The number of rotatable bonds is 2. The molecule has 0 radical (unpaired) electrons. The molecule has 80 valence electrons. The molecule has 2 aromatic rings. The second-order valence-electron chi connectivity index (χ2n) is 3.40. The van der Waals surface area contributed by atoms with E-state index in [4.69, 9.17) is 5.26 Å². The largest absolute Gasteiger partial charge is 0.231 e. The molecule has 0 aliphatic rings. The highest BCUT2D eigenvalue weighted by molar-refractivity contribution is 5.59. The van der Waals surface area contributed by atoms with Crippen molar-refractivity contribution in [2.75, 3.05) is 0 Å². The van der Waals surface area contributed by atoms with Crippen LogP contribution in [-0.4, -0.2) is 15.0 Å². The first-order valence-corrected chi connectivity index (χ1v) is 4.74. The average molecular weight is 216 g/mol. The summed E-state index contributed by atoms with van der Waals surface area (Å²) in [4.78, 5) is 0. The number of nitrogens with zero attached hydrogens (tertiary/aromatic N) is 4. The summed E-state index contributed by atoms with van der Waals surface area (Å²) < 4.78 is 14.6. The van der Waals surface area contributed by atoms with Gasteiger partial charge in [0.05, 0.1) is 18.0 Å². The molecule has 2 rings (SSSR count). The van der Waals surface area contributed by atoms with Crippen LogP contribution in [0.25, 0.3) is 11.3 Å². The molecule has 0 fully saturated rings. The van der Waals surface area contributed by atoms with Gasteiger partial charge in [0.15, 0.2) is 0 Å². The van der Waals surface area contributed by atoms with E-state index >= 15 is 0 Å². The smallest absolute Gasteiger partial charge is 0.130 e. The molecule has 0 saturated carbocycles. The maximum Gasteiger partial charge on any atom is 0.130 e. The lowest BCUT2D eigenvalue weighted by Gasteiger charge is -2.03. The third-order valence-corrected chi connectivity index (χ3v) is 2.29. The van der Waals surface area contributed by atoms with Crippen molar-refractivity contribution >= 4 is 0 Å². The van der Waals surface area contributed by atoms with E-state index in [9.17, 15) is 4.39 Å². The minimum atomic E-state index is -0.247. The number of hydrogen-bond acceptors (Lipinski definition) is 3. The van der Waals surface area contributed by atoms with Gasteiger partial charge in [-0.2, -0.15) is 5.26 Å². The zero-order valence-corrected chi connectivity index (χ0v) is 8.68. The molecule has 1 aromatic heterocycles. The Morgan fingerprint density at radius 3 is 3.00 bits per heavy atom. The van der Waals surface area contributed by atoms with E-state index in [1.54, 1.807) is 25.3 Å². The van der Waals surface area contributed by atoms with Crippen LogP contribution in [0.15, 0.2) is 24.4 Å². The fourth-order valence-electron chi connectivity index (χ4n) is 1.47. The number of hydrogen-bond donors (Lipinski definition) is 0. The van der Waals surface area contributed by atoms with Gasteiger partial charge < -0.3 is 0 Å². The summed E-state index contributed by atoms with van der Waals surface area (Å²) in [6.45, 7) is 1.82. The minimum Gasteiger partial charge on any atom is -0.231 e. The third kappa shape index (κ3) is 1.77. The molecule has 0 N–H and O–H groups in total. The first-order valence-electron chi connectivity index (χ1n) is 4.74. The molecule has 5 heteroatoms. The van der Waals surface area contributed by atoms with E-state index < -0.39 is 0 Å². The Bertz CT molecular complexity index is 553. The zero-order chi connectivity index (χ0) is 11.5. The predicted molar refractivity (Wildman–Crippen MR) is 55.8 cm³/mol. The molecule has 1 heterocycles. The molecule has 16 heavy (non-hydrogen) atoms. The standard InChI is InChI=1S/C11H9FN4/c1-8-6-9(2-3-10(8)12)11-7-14-15-16(11)5-4-13/h2-3,6-7H,5H2,1H3. The molecular weight excluding hydrogens is 207 g/mol. The predicted octanol–water partition coefficient (Wildman–Crippen LogP) is 1.92. The Morgan fingerprint density at radius 1 is 1.50 bits per heavy atom. The third-order valence-electron chi connectivity index (χ3n) is 2.29. The van der Waals surface area contributed by atoms with Crippen LogP contribution in [0.3, 0.4) is 0 Å². The van der Waals surface area contributed by atoms with Crippen molar-refractivity contribution in [1.82, 2.24) is 15.0 Å².